The van der Waals surface area contributed by atoms with E-state index in [-0.39, 0.29) is 5.91 Å². The Bertz CT molecular complexity index is 1390. The van der Waals surface area contributed by atoms with Crippen molar-refractivity contribution in [3.8, 4) is 17.1 Å². The number of H-pyrrole nitrogens is 1. The van der Waals surface area contributed by atoms with Crippen LogP contribution in [0.1, 0.15) is 29.9 Å². The predicted octanol–water partition coefficient (Wildman–Crippen LogP) is 3.52. The highest BCUT2D eigenvalue weighted by Gasteiger charge is 2.36. The van der Waals surface area contributed by atoms with E-state index < -0.39 is 0 Å². The van der Waals surface area contributed by atoms with Gasteiger partial charge in [-0.05, 0) is 61.7 Å². The van der Waals surface area contributed by atoms with Gasteiger partial charge in [0, 0.05) is 56.5 Å². The minimum Gasteiger partial charge on any atom is -0.486 e. The van der Waals surface area contributed by atoms with Crippen LogP contribution >= 0.6 is 0 Å². The third-order valence-corrected chi connectivity index (χ3v) is 8.73. The van der Waals surface area contributed by atoms with E-state index in [1.807, 2.05) is 17.3 Å². The molecule has 10 nitrogen and oxygen atoms in total. The number of amides is 1. The SMILES string of the molecule is C=CC(=O)N1CC(N2CCC(c3cc4c(c(-c5ncc[nH]5)c3)OCc3c(N5CCOCC5)ccnc3N4)CC2)C1. The van der Waals surface area contributed by atoms with E-state index in [2.05, 4.69) is 49.9 Å². The standard InChI is InChI=1S/C30H35N7O3/c1-2-27(38)37-17-22(18-37)35-9-4-20(5-10-35)21-15-23(29-32-7-8-33-29)28-25(16-21)34-30-24(19-40-28)26(3-6-31-30)36-11-13-39-14-12-36/h2-3,6-8,15-16,20,22H,1,4-5,9-14,17-19H2,(H,31,34)(H,32,33). The molecule has 0 unspecified atom stereocenters. The fourth-order valence-electron chi connectivity index (χ4n) is 6.42. The summed E-state index contributed by atoms with van der Waals surface area (Å²) in [6.45, 7) is 10.8. The summed E-state index contributed by atoms with van der Waals surface area (Å²) in [4.78, 5) is 31.2. The van der Waals surface area contributed by atoms with Gasteiger partial charge < -0.3 is 29.6 Å². The molecular weight excluding hydrogens is 506 g/mol. The quantitative estimate of drug-likeness (QED) is 0.474. The van der Waals surface area contributed by atoms with Crippen LogP contribution in [-0.2, 0) is 16.1 Å². The average molecular weight is 542 g/mol. The molecule has 4 aliphatic rings. The van der Waals surface area contributed by atoms with Gasteiger partial charge in [-0.25, -0.2) is 9.97 Å². The number of aromatic amines is 1. The molecule has 2 N–H and O–H groups in total. The Balaban J connectivity index is 1.15. The van der Waals surface area contributed by atoms with Crippen LogP contribution in [0.4, 0.5) is 17.2 Å². The molecule has 0 spiro atoms. The van der Waals surface area contributed by atoms with Crippen molar-refractivity contribution < 1.29 is 14.3 Å². The Hall–Kier alpha value is -3.89. The molecule has 40 heavy (non-hydrogen) atoms. The van der Waals surface area contributed by atoms with Crippen LogP contribution < -0.4 is 15.0 Å². The molecule has 3 fully saturated rings. The molecule has 4 aliphatic heterocycles. The van der Waals surface area contributed by atoms with Gasteiger partial charge in [0.15, 0.2) is 5.75 Å². The molecule has 7 rings (SSSR count). The maximum absolute atomic E-state index is 11.9. The molecule has 0 saturated carbocycles. The number of fused-ring (bicyclic) bond motifs is 2. The normalized spacial score (nSPS) is 20.0. The Labute approximate surface area is 234 Å². The summed E-state index contributed by atoms with van der Waals surface area (Å²) < 4.78 is 12.1. The van der Waals surface area contributed by atoms with Crippen LogP contribution in [0.15, 0.2) is 49.4 Å². The Morgan fingerprint density at radius 2 is 1.90 bits per heavy atom. The highest BCUT2D eigenvalue weighted by molar-refractivity contribution is 5.87. The smallest absolute Gasteiger partial charge is 0.246 e. The molecular formula is C30H35N7O3. The fraction of sp³-hybridized carbons (Fsp3) is 0.433. The molecule has 3 aromatic rings. The molecule has 208 valence electrons. The van der Waals surface area contributed by atoms with E-state index in [4.69, 9.17) is 14.5 Å². The van der Waals surface area contributed by atoms with Crippen molar-refractivity contribution in [2.75, 3.05) is 62.7 Å². The van der Waals surface area contributed by atoms with Crippen LogP contribution in [0.25, 0.3) is 11.4 Å². The predicted molar refractivity (Wildman–Crippen MR) is 153 cm³/mol. The fourth-order valence-corrected chi connectivity index (χ4v) is 6.42. The zero-order valence-electron chi connectivity index (χ0n) is 22.6. The number of rotatable bonds is 5. The number of hydrogen-bond acceptors (Lipinski definition) is 8. The van der Waals surface area contributed by atoms with Gasteiger partial charge in [-0.15, -0.1) is 0 Å². The number of pyridine rings is 1. The second-order valence-electron chi connectivity index (χ2n) is 11.0. The van der Waals surface area contributed by atoms with Crippen molar-refractivity contribution >= 4 is 23.1 Å². The van der Waals surface area contributed by atoms with Crippen LogP contribution in [0.3, 0.4) is 0 Å². The number of ether oxygens (including phenoxy) is 2. The van der Waals surface area contributed by atoms with Crippen LogP contribution in [0, 0.1) is 0 Å². The number of imidazole rings is 1. The molecule has 0 radical (unpaired) electrons. The van der Waals surface area contributed by atoms with Gasteiger partial charge in [0.25, 0.3) is 0 Å². The van der Waals surface area contributed by atoms with E-state index in [0.717, 1.165) is 105 Å². The van der Waals surface area contributed by atoms with Crippen molar-refractivity contribution in [2.24, 2.45) is 0 Å². The van der Waals surface area contributed by atoms with Gasteiger partial charge >= 0.3 is 0 Å². The second kappa shape index (κ2) is 10.6. The molecule has 1 aromatic carbocycles. The summed E-state index contributed by atoms with van der Waals surface area (Å²) in [5.74, 6) is 2.89. The van der Waals surface area contributed by atoms with Gasteiger partial charge in [0.1, 0.15) is 18.2 Å². The Morgan fingerprint density at radius 1 is 1.07 bits per heavy atom. The third kappa shape index (κ3) is 4.61. The zero-order valence-corrected chi connectivity index (χ0v) is 22.6. The largest absolute Gasteiger partial charge is 0.486 e. The number of piperidine rings is 1. The van der Waals surface area contributed by atoms with Gasteiger partial charge in [0.05, 0.1) is 30.0 Å². The minimum absolute atomic E-state index is 0.0319. The van der Waals surface area contributed by atoms with Crippen molar-refractivity contribution in [3.05, 3.63) is 60.6 Å². The summed E-state index contributed by atoms with van der Waals surface area (Å²) in [6.07, 6.45) is 9.05. The number of morpholine rings is 1. The molecule has 0 aliphatic carbocycles. The topological polar surface area (TPSA) is 98.9 Å². The number of hydrogen-bond donors (Lipinski definition) is 2. The summed E-state index contributed by atoms with van der Waals surface area (Å²) in [5.41, 5.74) is 5.38. The van der Waals surface area contributed by atoms with E-state index >= 15 is 0 Å². The van der Waals surface area contributed by atoms with Crippen LogP contribution in [-0.4, -0.2) is 89.2 Å². The highest BCUT2D eigenvalue weighted by atomic mass is 16.5. The first-order valence-corrected chi connectivity index (χ1v) is 14.2. The molecule has 3 saturated heterocycles. The Morgan fingerprint density at radius 3 is 2.65 bits per heavy atom. The van der Waals surface area contributed by atoms with E-state index in [1.165, 1.54) is 11.6 Å². The van der Waals surface area contributed by atoms with E-state index in [1.54, 1.807) is 6.20 Å². The van der Waals surface area contributed by atoms with Crippen LogP contribution in [0.5, 0.6) is 5.75 Å². The number of nitrogens with zero attached hydrogens (tertiary/aromatic N) is 5. The Kier molecular flexibility index (Phi) is 6.65. The van der Waals surface area contributed by atoms with Gasteiger partial charge in [-0.2, -0.15) is 0 Å². The lowest BCUT2D eigenvalue weighted by Gasteiger charge is -2.47. The lowest BCUT2D eigenvalue weighted by atomic mass is 9.86. The molecule has 2 aromatic heterocycles. The first kappa shape index (κ1) is 25.1. The average Bonchev–Trinajstić information content (AvgIpc) is 3.44. The summed E-state index contributed by atoms with van der Waals surface area (Å²) in [7, 11) is 0. The highest BCUT2D eigenvalue weighted by Crippen LogP contribution is 2.45. The molecule has 0 bridgehead atoms. The van der Waals surface area contributed by atoms with Crippen LogP contribution in [0.2, 0.25) is 0 Å². The zero-order chi connectivity index (χ0) is 27.1. The lowest BCUT2D eigenvalue weighted by Crippen LogP contribution is -2.61. The van der Waals surface area contributed by atoms with Crippen molar-refractivity contribution in [1.29, 1.82) is 0 Å². The van der Waals surface area contributed by atoms with Gasteiger partial charge in [-0.1, -0.05) is 6.58 Å². The third-order valence-electron chi connectivity index (χ3n) is 8.73. The minimum atomic E-state index is 0.0319. The molecule has 0 atom stereocenters. The molecule has 1 amide bonds. The van der Waals surface area contributed by atoms with E-state index in [9.17, 15) is 4.79 Å². The number of anilines is 3. The number of aromatic nitrogens is 3. The maximum atomic E-state index is 11.9. The molecule has 10 heteroatoms. The summed E-state index contributed by atoms with van der Waals surface area (Å²) in [5, 5.41) is 3.64. The van der Waals surface area contributed by atoms with Crippen molar-refractivity contribution in [3.63, 3.8) is 0 Å². The number of nitrogens with one attached hydrogen (secondary N) is 2. The maximum Gasteiger partial charge on any atom is 0.246 e. The molecule has 6 heterocycles. The number of likely N-dealkylation sites (tertiary alicyclic amines) is 2. The van der Waals surface area contributed by atoms with E-state index in [0.29, 0.717) is 18.6 Å². The van der Waals surface area contributed by atoms with Gasteiger partial charge in [0.2, 0.25) is 5.91 Å². The number of benzene rings is 1. The van der Waals surface area contributed by atoms with Crippen molar-refractivity contribution in [1.82, 2.24) is 24.8 Å². The number of carbonyl (C=O) groups excluding carboxylic acids is 1. The second-order valence-corrected chi connectivity index (χ2v) is 11.0. The first-order valence-electron chi connectivity index (χ1n) is 14.2. The van der Waals surface area contributed by atoms with Gasteiger partial charge in [-0.3, -0.25) is 9.69 Å². The summed E-state index contributed by atoms with van der Waals surface area (Å²) in [6, 6.07) is 7.02. The first-order chi connectivity index (χ1) is 19.7. The monoisotopic (exact) mass is 541 g/mol. The van der Waals surface area contributed by atoms with Crippen molar-refractivity contribution in [2.45, 2.75) is 31.4 Å². The lowest BCUT2D eigenvalue weighted by molar-refractivity contribution is -0.133. The number of carbonyl (C=O) groups is 1. The summed E-state index contributed by atoms with van der Waals surface area (Å²) >= 11 is 0.